The summed E-state index contributed by atoms with van der Waals surface area (Å²) in [6.45, 7) is 2.24. The number of aromatic nitrogens is 1. The molecule has 1 aliphatic rings. The van der Waals surface area contributed by atoms with E-state index in [2.05, 4.69) is 10.3 Å². The van der Waals surface area contributed by atoms with Crippen LogP contribution in [0.2, 0.25) is 0 Å². The average Bonchev–Trinajstić information content (AvgIpc) is 3.10. The maximum Gasteiger partial charge on any atom is 0.255 e. The zero-order valence-corrected chi connectivity index (χ0v) is 14.6. The van der Waals surface area contributed by atoms with E-state index in [9.17, 15) is 9.18 Å². The van der Waals surface area contributed by atoms with E-state index in [0.717, 1.165) is 31.4 Å². The predicted molar refractivity (Wildman–Crippen MR) is 94.4 cm³/mol. The molecule has 0 saturated heterocycles. The van der Waals surface area contributed by atoms with Crippen molar-refractivity contribution >= 4 is 5.91 Å². The first-order valence-corrected chi connectivity index (χ1v) is 8.59. The van der Waals surface area contributed by atoms with Gasteiger partial charge in [-0.15, -0.1) is 0 Å². The van der Waals surface area contributed by atoms with Crippen LogP contribution in [0, 0.1) is 12.7 Å². The lowest BCUT2D eigenvalue weighted by Gasteiger charge is -2.30. The maximum atomic E-state index is 14.4. The third-order valence-electron chi connectivity index (χ3n) is 5.06. The van der Waals surface area contributed by atoms with Crippen LogP contribution in [0.25, 0.3) is 0 Å². The largest absolute Gasteiger partial charge is 0.494 e. The highest BCUT2D eigenvalue weighted by Crippen LogP contribution is 2.41. The molecule has 5 heteroatoms. The first kappa shape index (κ1) is 17.4. The SMILES string of the molecule is COc1cnc(C)cc1C(=O)NCC1(c2ccccc2F)CCCC1. The minimum atomic E-state index is -0.337. The highest BCUT2D eigenvalue weighted by molar-refractivity contribution is 5.97. The molecule has 0 spiro atoms. The van der Waals surface area contributed by atoms with E-state index in [-0.39, 0.29) is 17.1 Å². The molecule has 3 rings (SSSR count). The number of hydrogen-bond acceptors (Lipinski definition) is 3. The van der Waals surface area contributed by atoms with E-state index in [1.807, 2.05) is 19.1 Å². The summed E-state index contributed by atoms with van der Waals surface area (Å²) in [6, 6.07) is 8.59. The number of rotatable bonds is 5. The number of pyridine rings is 1. The summed E-state index contributed by atoms with van der Waals surface area (Å²) in [6.07, 6.45) is 5.39. The summed E-state index contributed by atoms with van der Waals surface area (Å²) in [4.78, 5) is 16.8. The molecule has 1 N–H and O–H groups in total. The van der Waals surface area contributed by atoms with Crippen molar-refractivity contribution in [2.45, 2.75) is 38.0 Å². The van der Waals surface area contributed by atoms with Crippen LogP contribution in [-0.4, -0.2) is 24.5 Å². The van der Waals surface area contributed by atoms with Crippen molar-refractivity contribution in [3.63, 3.8) is 0 Å². The molecule has 0 unspecified atom stereocenters. The third-order valence-corrected chi connectivity index (χ3v) is 5.06. The van der Waals surface area contributed by atoms with Crippen LogP contribution in [0.1, 0.15) is 47.3 Å². The number of aryl methyl sites for hydroxylation is 1. The average molecular weight is 342 g/mol. The molecule has 25 heavy (non-hydrogen) atoms. The Hall–Kier alpha value is -2.43. The fourth-order valence-corrected chi connectivity index (χ4v) is 3.72. The lowest BCUT2D eigenvalue weighted by atomic mass is 9.78. The summed E-state index contributed by atoms with van der Waals surface area (Å²) in [7, 11) is 1.51. The topological polar surface area (TPSA) is 51.2 Å². The van der Waals surface area contributed by atoms with Gasteiger partial charge in [-0.25, -0.2) is 4.39 Å². The second-order valence-corrected chi connectivity index (χ2v) is 6.68. The Kier molecular flexibility index (Phi) is 5.02. The van der Waals surface area contributed by atoms with Crippen LogP contribution in [0.3, 0.4) is 0 Å². The van der Waals surface area contributed by atoms with Crippen LogP contribution >= 0.6 is 0 Å². The number of carbonyl (C=O) groups is 1. The van der Waals surface area contributed by atoms with E-state index >= 15 is 0 Å². The molecule has 0 bridgehead atoms. The predicted octanol–water partition coefficient (Wildman–Crippen LogP) is 3.78. The molecule has 1 aliphatic carbocycles. The Balaban J connectivity index is 1.82. The quantitative estimate of drug-likeness (QED) is 0.900. The molecule has 1 fully saturated rings. The zero-order chi connectivity index (χ0) is 17.9. The number of halogens is 1. The molecule has 0 radical (unpaired) electrons. The number of hydrogen-bond donors (Lipinski definition) is 1. The molecule has 1 amide bonds. The van der Waals surface area contributed by atoms with E-state index in [1.165, 1.54) is 13.2 Å². The van der Waals surface area contributed by atoms with Crippen molar-refractivity contribution in [1.29, 1.82) is 0 Å². The maximum absolute atomic E-state index is 14.4. The van der Waals surface area contributed by atoms with Crippen molar-refractivity contribution in [1.82, 2.24) is 10.3 Å². The van der Waals surface area contributed by atoms with Crippen LogP contribution in [0.4, 0.5) is 4.39 Å². The standard InChI is InChI=1S/C20H23FN2O2/c1-14-11-15(18(25-2)12-22-14)19(24)23-13-20(9-5-6-10-20)16-7-3-4-8-17(16)21/h3-4,7-8,11-12H,5-6,9-10,13H2,1-2H3,(H,23,24). The number of nitrogens with zero attached hydrogens (tertiary/aromatic N) is 1. The summed E-state index contributed by atoms with van der Waals surface area (Å²) in [5.74, 6) is 0.0235. The highest BCUT2D eigenvalue weighted by Gasteiger charge is 2.38. The Bertz CT molecular complexity index is 770. The fraction of sp³-hybridized carbons (Fsp3) is 0.400. The van der Waals surface area contributed by atoms with Gasteiger partial charge in [-0.2, -0.15) is 0 Å². The van der Waals surface area contributed by atoms with E-state index in [0.29, 0.717) is 23.4 Å². The monoisotopic (exact) mass is 342 g/mol. The van der Waals surface area contributed by atoms with Crippen molar-refractivity contribution in [3.05, 3.63) is 59.2 Å². The molecule has 0 atom stereocenters. The first-order valence-electron chi connectivity index (χ1n) is 8.59. The molecule has 2 aromatic rings. The second kappa shape index (κ2) is 7.21. The Labute approximate surface area is 147 Å². The van der Waals surface area contributed by atoms with Gasteiger partial charge in [-0.05, 0) is 37.5 Å². The van der Waals surface area contributed by atoms with Crippen molar-refractivity contribution < 1.29 is 13.9 Å². The number of nitrogens with one attached hydrogen (secondary N) is 1. The zero-order valence-electron chi connectivity index (χ0n) is 14.6. The summed E-state index contributed by atoms with van der Waals surface area (Å²) in [5, 5.41) is 3.00. The smallest absolute Gasteiger partial charge is 0.255 e. The number of amides is 1. The van der Waals surface area contributed by atoms with Gasteiger partial charge in [-0.1, -0.05) is 31.0 Å². The number of ether oxygens (including phenoxy) is 1. The highest BCUT2D eigenvalue weighted by atomic mass is 19.1. The molecule has 4 nitrogen and oxygen atoms in total. The van der Waals surface area contributed by atoms with Gasteiger partial charge in [-0.3, -0.25) is 9.78 Å². The molecule has 1 heterocycles. The van der Waals surface area contributed by atoms with Crippen LogP contribution in [0.15, 0.2) is 36.5 Å². The van der Waals surface area contributed by atoms with Crippen LogP contribution < -0.4 is 10.1 Å². The summed E-state index contributed by atoms with van der Waals surface area (Å²) in [5.41, 5.74) is 1.56. The van der Waals surface area contributed by atoms with Crippen molar-refractivity contribution in [2.24, 2.45) is 0 Å². The number of benzene rings is 1. The molecule has 1 aromatic heterocycles. The second-order valence-electron chi connectivity index (χ2n) is 6.68. The third kappa shape index (κ3) is 3.50. The van der Waals surface area contributed by atoms with Gasteiger partial charge < -0.3 is 10.1 Å². The Morgan fingerprint density at radius 1 is 1.32 bits per heavy atom. The van der Waals surface area contributed by atoms with Crippen molar-refractivity contribution in [2.75, 3.05) is 13.7 Å². The van der Waals surface area contributed by atoms with E-state index in [4.69, 9.17) is 4.74 Å². The first-order chi connectivity index (χ1) is 12.1. The van der Waals surface area contributed by atoms with Gasteiger partial charge >= 0.3 is 0 Å². The molecule has 1 saturated carbocycles. The van der Waals surface area contributed by atoms with Gasteiger partial charge in [0.25, 0.3) is 5.91 Å². The minimum Gasteiger partial charge on any atom is -0.494 e. The summed E-state index contributed by atoms with van der Waals surface area (Å²) < 4.78 is 19.6. The van der Waals surface area contributed by atoms with Crippen molar-refractivity contribution in [3.8, 4) is 5.75 Å². The van der Waals surface area contributed by atoms with E-state index in [1.54, 1.807) is 18.3 Å². The number of carbonyl (C=O) groups excluding carboxylic acids is 1. The molecule has 1 aromatic carbocycles. The van der Waals surface area contributed by atoms with Crippen LogP contribution in [0.5, 0.6) is 5.75 Å². The Morgan fingerprint density at radius 2 is 2.04 bits per heavy atom. The summed E-state index contributed by atoms with van der Waals surface area (Å²) >= 11 is 0. The van der Waals surface area contributed by atoms with Crippen LogP contribution in [-0.2, 0) is 5.41 Å². The van der Waals surface area contributed by atoms with Gasteiger partial charge in [0.2, 0.25) is 0 Å². The molecular formula is C20H23FN2O2. The van der Waals surface area contributed by atoms with Gasteiger partial charge in [0.1, 0.15) is 11.6 Å². The number of methoxy groups -OCH3 is 1. The van der Waals surface area contributed by atoms with E-state index < -0.39 is 0 Å². The lowest BCUT2D eigenvalue weighted by Crippen LogP contribution is -2.39. The van der Waals surface area contributed by atoms with Gasteiger partial charge in [0.05, 0.1) is 18.9 Å². The lowest BCUT2D eigenvalue weighted by molar-refractivity contribution is 0.0939. The fourth-order valence-electron chi connectivity index (χ4n) is 3.72. The van der Waals surface area contributed by atoms with Gasteiger partial charge in [0.15, 0.2) is 0 Å². The molecular weight excluding hydrogens is 319 g/mol. The van der Waals surface area contributed by atoms with Gasteiger partial charge in [0, 0.05) is 17.7 Å². The Morgan fingerprint density at radius 3 is 2.72 bits per heavy atom. The normalized spacial score (nSPS) is 15.8. The molecule has 0 aliphatic heterocycles. The molecule has 132 valence electrons. The minimum absolute atomic E-state index is 0.198.